The summed E-state index contributed by atoms with van der Waals surface area (Å²) in [5.41, 5.74) is -0.568. The van der Waals surface area contributed by atoms with E-state index in [0.29, 0.717) is 0 Å². The van der Waals surface area contributed by atoms with E-state index in [1.807, 2.05) is 4.72 Å². The lowest BCUT2D eigenvalue weighted by Gasteiger charge is -2.06. The summed E-state index contributed by atoms with van der Waals surface area (Å²) in [5, 5.41) is 16.9. The summed E-state index contributed by atoms with van der Waals surface area (Å²) in [7, 11) is -3.86. The Labute approximate surface area is 91.8 Å². The maximum Gasteiger partial charge on any atom is 0.246 e. The molecule has 0 aliphatic carbocycles. The molecular weight excluding hydrogens is 233 g/mol. The van der Waals surface area contributed by atoms with Crippen molar-refractivity contribution in [1.82, 2.24) is 0 Å². The second-order valence-electron chi connectivity index (χ2n) is 2.79. The number of nitrogens with zero attached hydrogens (tertiary/aromatic N) is 2. The topological polar surface area (TPSA) is 93.8 Å². The number of sulfonamides is 1. The molecule has 16 heavy (non-hydrogen) atoms. The molecule has 0 saturated carbocycles. The molecule has 0 aromatic heterocycles. The highest BCUT2D eigenvalue weighted by Gasteiger charge is 2.14. The molecule has 0 aliphatic heterocycles. The van der Waals surface area contributed by atoms with Crippen molar-refractivity contribution in [1.29, 1.82) is 10.5 Å². The molecule has 1 rings (SSSR count). The molecule has 0 radical (unpaired) electrons. The molecule has 0 fully saturated rings. The van der Waals surface area contributed by atoms with Crippen molar-refractivity contribution in [3.05, 3.63) is 29.6 Å². The van der Waals surface area contributed by atoms with Crippen LogP contribution < -0.4 is 4.72 Å². The normalized spacial score (nSPS) is 10.2. The average Bonchev–Trinajstić information content (AvgIpc) is 2.17. The van der Waals surface area contributed by atoms with Crippen LogP contribution in [-0.4, -0.2) is 14.2 Å². The van der Waals surface area contributed by atoms with Gasteiger partial charge in [-0.25, -0.2) is 12.8 Å². The summed E-state index contributed by atoms with van der Waals surface area (Å²) in [6.07, 6.45) is 0. The lowest BCUT2D eigenvalue weighted by atomic mass is 10.2. The molecule has 0 spiro atoms. The number of anilines is 1. The largest absolute Gasteiger partial charge is 0.281 e. The van der Waals surface area contributed by atoms with Crippen LogP contribution in [0.15, 0.2) is 18.2 Å². The quantitative estimate of drug-likeness (QED) is 0.850. The van der Waals surface area contributed by atoms with Crippen molar-refractivity contribution in [2.45, 2.75) is 0 Å². The summed E-state index contributed by atoms with van der Waals surface area (Å²) < 4.78 is 37.5. The molecule has 82 valence electrons. The van der Waals surface area contributed by atoms with Crippen molar-refractivity contribution in [2.75, 3.05) is 10.5 Å². The number of hydrogen-bond donors (Lipinski definition) is 1. The maximum atomic E-state index is 13.1. The van der Waals surface area contributed by atoms with Crippen LogP contribution in [0.4, 0.5) is 10.1 Å². The van der Waals surface area contributed by atoms with Gasteiger partial charge in [-0.05, 0) is 12.1 Å². The van der Waals surface area contributed by atoms with Crippen LogP contribution in [-0.2, 0) is 10.0 Å². The molecule has 0 atom stereocenters. The molecule has 5 nitrogen and oxygen atoms in total. The van der Waals surface area contributed by atoms with Gasteiger partial charge in [0.05, 0.1) is 11.8 Å². The zero-order valence-corrected chi connectivity index (χ0v) is 8.75. The van der Waals surface area contributed by atoms with Crippen molar-refractivity contribution < 1.29 is 12.8 Å². The third-order valence-electron chi connectivity index (χ3n) is 1.65. The summed E-state index contributed by atoms with van der Waals surface area (Å²) in [6, 6.07) is 6.55. The fourth-order valence-corrected chi connectivity index (χ4v) is 1.76. The van der Waals surface area contributed by atoms with Gasteiger partial charge >= 0.3 is 0 Å². The second-order valence-corrected chi connectivity index (χ2v) is 4.52. The Morgan fingerprint density at radius 1 is 1.38 bits per heavy atom. The Kier molecular flexibility index (Phi) is 3.44. The van der Waals surface area contributed by atoms with Gasteiger partial charge < -0.3 is 0 Å². The zero-order valence-electron chi connectivity index (χ0n) is 7.94. The first-order valence-electron chi connectivity index (χ1n) is 4.06. The number of benzene rings is 1. The monoisotopic (exact) mass is 239 g/mol. The van der Waals surface area contributed by atoms with Crippen LogP contribution in [0.5, 0.6) is 0 Å². The Morgan fingerprint density at radius 2 is 2.06 bits per heavy atom. The van der Waals surface area contributed by atoms with E-state index >= 15 is 0 Å². The highest BCUT2D eigenvalue weighted by molar-refractivity contribution is 7.92. The van der Waals surface area contributed by atoms with Crippen LogP contribution in [0.2, 0.25) is 0 Å². The average molecular weight is 239 g/mol. The van der Waals surface area contributed by atoms with Gasteiger partial charge in [0, 0.05) is 0 Å². The van der Waals surface area contributed by atoms with E-state index in [1.165, 1.54) is 18.2 Å². The van der Waals surface area contributed by atoms with Gasteiger partial charge in [-0.15, -0.1) is 0 Å². The molecule has 0 amide bonds. The first-order valence-corrected chi connectivity index (χ1v) is 5.71. The van der Waals surface area contributed by atoms with Gasteiger partial charge in [-0.1, -0.05) is 6.07 Å². The van der Waals surface area contributed by atoms with Crippen molar-refractivity contribution in [3.8, 4) is 12.1 Å². The summed E-state index contributed by atoms with van der Waals surface area (Å²) in [6.45, 7) is 0. The molecule has 1 aromatic rings. The zero-order chi connectivity index (χ0) is 12.2. The van der Waals surface area contributed by atoms with Crippen molar-refractivity contribution >= 4 is 15.7 Å². The van der Waals surface area contributed by atoms with Gasteiger partial charge in [0.25, 0.3) is 0 Å². The fraction of sp³-hybridized carbons (Fsp3) is 0.111. The molecule has 1 N–H and O–H groups in total. The van der Waals surface area contributed by atoms with E-state index in [-0.39, 0.29) is 5.69 Å². The van der Waals surface area contributed by atoms with Crippen molar-refractivity contribution in [3.63, 3.8) is 0 Å². The van der Waals surface area contributed by atoms with Gasteiger partial charge in [-0.2, -0.15) is 10.5 Å². The van der Waals surface area contributed by atoms with E-state index in [0.717, 1.165) is 6.07 Å². The predicted octanol–water partition coefficient (Wildman–Crippen LogP) is 0.963. The molecular formula is C9H6FN3O2S. The minimum absolute atomic E-state index is 0.169. The van der Waals surface area contributed by atoms with Gasteiger partial charge in [0.2, 0.25) is 10.0 Å². The molecule has 7 heteroatoms. The number of nitrogens with one attached hydrogen (secondary N) is 1. The van der Waals surface area contributed by atoms with E-state index in [4.69, 9.17) is 10.5 Å². The lowest BCUT2D eigenvalue weighted by Crippen LogP contribution is -2.16. The summed E-state index contributed by atoms with van der Waals surface area (Å²) in [5.74, 6) is -1.58. The van der Waals surface area contributed by atoms with Crippen LogP contribution in [0.3, 0.4) is 0 Å². The number of nitriles is 2. The first-order chi connectivity index (χ1) is 7.50. The Morgan fingerprint density at radius 3 is 2.62 bits per heavy atom. The Bertz CT molecular complexity index is 584. The molecule has 1 aromatic carbocycles. The van der Waals surface area contributed by atoms with Crippen LogP contribution in [0, 0.1) is 28.5 Å². The molecule has 0 unspecified atom stereocenters. The van der Waals surface area contributed by atoms with E-state index in [1.54, 1.807) is 6.07 Å². The van der Waals surface area contributed by atoms with Crippen LogP contribution >= 0.6 is 0 Å². The summed E-state index contributed by atoms with van der Waals surface area (Å²) >= 11 is 0. The van der Waals surface area contributed by atoms with E-state index in [2.05, 4.69) is 0 Å². The van der Waals surface area contributed by atoms with Crippen LogP contribution in [0.1, 0.15) is 5.56 Å². The maximum absolute atomic E-state index is 13.1. The standard InChI is InChI=1S/C9H6FN3O2S/c10-8-2-1-3-9(7(8)6-12)13-16(14,15)5-4-11/h1-3,13H,5H2. The molecule has 0 heterocycles. The SMILES string of the molecule is N#CCS(=O)(=O)Nc1cccc(F)c1C#N. The fourth-order valence-electron chi connectivity index (χ4n) is 1.01. The molecule has 0 aliphatic rings. The molecule has 0 saturated heterocycles. The Hall–Kier alpha value is -2.12. The lowest BCUT2D eigenvalue weighted by molar-refractivity contribution is 0.604. The smallest absolute Gasteiger partial charge is 0.246 e. The Balaban J connectivity index is 3.14. The molecule has 0 bridgehead atoms. The van der Waals surface area contributed by atoms with Crippen molar-refractivity contribution in [2.24, 2.45) is 0 Å². The minimum atomic E-state index is -3.86. The number of rotatable bonds is 3. The third kappa shape index (κ3) is 2.69. The van der Waals surface area contributed by atoms with E-state index < -0.39 is 27.2 Å². The van der Waals surface area contributed by atoms with Gasteiger partial charge in [0.15, 0.2) is 5.75 Å². The second kappa shape index (κ2) is 4.60. The van der Waals surface area contributed by atoms with E-state index in [9.17, 15) is 12.8 Å². The number of hydrogen-bond acceptors (Lipinski definition) is 4. The van der Waals surface area contributed by atoms with Gasteiger partial charge in [0.1, 0.15) is 17.4 Å². The first kappa shape index (κ1) is 12.0. The van der Waals surface area contributed by atoms with Crippen LogP contribution in [0.25, 0.3) is 0 Å². The minimum Gasteiger partial charge on any atom is -0.281 e. The summed E-state index contributed by atoms with van der Waals surface area (Å²) in [4.78, 5) is 0. The third-order valence-corrected chi connectivity index (χ3v) is 2.69. The predicted molar refractivity (Wildman–Crippen MR) is 54.1 cm³/mol. The van der Waals surface area contributed by atoms with Gasteiger partial charge in [-0.3, -0.25) is 4.72 Å². The number of halogens is 1. The highest BCUT2D eigenvalue weighted by atomic mass is 32.2. The highest BCUT2D eigenvalue weighted by Crippen LogP contribution is 2.18.